The van der Waals surface area contributed by atoms with Crippen LogP contribution < -0.4 is 0 Å². The Kier molecular flexibility index (Phi) is 3.42. The Morgan fingerprint density at radius 3 is 1.62 bits per heavy atom. The first-order valence-electron chi connectivity index (χ1n) is 4.72. The molecule has 0 bridgehead atoms. The van der Waals surface area contributed by atoms with Gasteiger partial charge in [-0.15, -0.1) is 0 Å². The van der Waals surface area contributed by atoms with Gasteiger partial charge in [0, 0.05) is 11.8 Å². The van der Waals surface area contributed by atoms with Crippen LogP contribution in [0.25, 0.3) is 0 Å². The Hall–Kier alpha value is -0.660. The molecule has 13 heavy (non-hydrogen) atoms. The van der Waals surface area contributed by atoms with Gasteiger partial charge in [0.25, 0.3) is 0 Å². The summed E-state index contributed by atoms with van der Waals surface area (Å²) in [5.41, 5.74) is -1.26. The van der Waals surface area contributed by atoms with Gasteiger partial charge in [0.1, 0.15) is 5.78 Å². The molecule has 0 aliphatic rings. The van der Waals surface area contributed by atoms with E-state index in [1.165, 1.54) is 0 Å². The summed E-state index contributed by atoms with van der Waals surface area (Å²) in [5, 5.41) is 0. The molecule has 0 aliphatic carbocycles. The predicted octanol–water partition coefficient (Wildman–Crippen LogP) is 2.61. The predicted molar refractivity (Wildman–Crippen MR) is 53.5 cm³/mol. The average molecular weight is 184 g/mol. The standard InChI is InChI=1S/C11H20O2/c1-7-8(12)11(5,6)9(13)10(2,3)4/h7H2,1-6H3. The lowest BCUT2D eigenvalue weighted by molar-refractivity contribution is -0.143. The molecule has 2 nitrogen and oxygen atoms in total. The molecule has 0 spiro atoms. The summed E-state index contributed by atoms with van der Waals surface area (Å²) in [5.74, 6) is 0.0410. The molecule has 0 saturated heterocycles. The Morgan fingerprint density at radius 1 is 1.00 bits per heavy atom. The van der Waals surface area contributed by atoms with Gasteiger partial charge in [-0.25, -0.2) is 0 Å². The molecule has 0 aromatic rings. The quantitative estimate of drug-likeness (QED) is 0.632. The van der Waals surface area contributed by atoms with Crippen molar-refractivity contribution in [2.75, 3.05) is 0 Å². The number of carbonyl (C=O) groups excluding carboxylic acids is 2. The maximum atomic E-state index is 11.9. The Morgan fingerprint density at radius 2 is 1.38 bits per heavy atom. The van der Waals surface area contributed by atoms with Crippen LogP contribution in [0.2, 0.25) is 0 Å². The number of carbonyl (C=O) groups is 2. The van der Waals surface area contributed by atoms with Crippen molar-refractivity contribution in [3.05, 3.63) is 0 Å². The first-order chi connectivity index (χ1) is 5.64. The lowest BCUT2D eigenvalue weighted by Gasteiger charge is -2.29. The fourth-order valence-electron chi connectivity index (χ4n) is 1.51. The van der Waals surface area contributed by atoms with Crippen molar-refractivity contribution >= 4 is 11.6 Å². The molecule has 0 radical (unpaired) electrons. The van der Waals surface area contributed by atoms with Gasteiger partial charge in [0.2, 0.25) is 0 Å². The third kappa shape index (κ3) is 2.64. The molecule has 0 fully saturated rings. The van der Waals surface area contributed by atoms with E-state index in [0.29, 0.717) is 6.42 Å². The van der Waals surface area contributed by atoms with E-state index in [2.05, 4.69) is 0 Å². The normalized spacial score (nSPS) is 12.8. The summed E-state index contributed by atoms with van der Waals surface area (Å²) in [6.45, 7) is 10.8. The Bertz CT molecular complexity index is 219. The van der Waals surface area contributed by atoms with Gasteiger partial charge in [0.05, 0.1) is 5.41 Å². The summed E-state index contributed by atoms with van der Waals surface area (Å²) in [6.07, 6.45) is 0.425. The van der Waals surface area contributed by atoms with Crippen molar-refractivity contribution in [3.8, 4) is 0 Å². The van der Waals surface area contributed by atoms with Gasteiger partial charge in [-0.05, 0) is 13.8 Å². The van der Waals surface area contributed by atoms with E-state index in [-0.39, 0.29) is 11.6 Å². The van der Waals surface area contributed by atoms with Crippen LogP contribution in [0.3, 0.4) is 0 Å². The van der Waals surface area contributed by atoms with Gasteiger partial charge in [-0.2, -0.15) is 0 Å². The summed E-state index contributed by atoms with van der Waals surface area (Å²) < 4.78 is 0. The minimum atomic E-state index is -0.826. The minimum absolute atomic E-state index is 0.0202. The molecule has 0 N–H and O–H groups in total. The Balaban J connectivity index is 4.85. The van der Waals surface area contributed by atoms with E-state index < -0.39 is 10.8 Å². The van der Waals surface area contributed by atoms with E-state index in [4.69, 9.17) is 0 Å². The molecule has 2 heteroatoms. The van der Waals surface area contributed by atoms with Crippen molar-refractivity contribution in [1.29, 1.82) is 0 Å². The average Bonchev–Trinajstić information content (AvgIpc) is 1.99. The number of Topliss-reactive ketones (excluding diaryl/α,β-unsaturated/α-hetero) is 2. The van der Waals surface area contributed by atoms with Crippen molar-refractivity contribution in [1.82, 2.24) is 0 Å². The number of rotatable bonds is 3. The second kappa shape index (κ2) is 3.60. The fourth-order valence-corrected chi connectivity index (χ4v) is 1.51. The SMILES string of the molecule is CCC(=O)C(C)(C)C(=O)C(C)(C)C. The molecule has 0 unspecified atom stereocenters. The molecule has 0 amide bonds. The molecule has 0 aromatic heterocycles. The number of ketones is 2. The maximum absolute atomic E-state index is 11.9. The fraction of sp³-hybridized carbons (Fsp3) is 0.818. The van der Waals surface area contributed by atoms with Gasteiger partial charge >= 0.3 is 0 Å². The van der Waals surface area contributed by atoms with Crippen molar-refractivity contribution in [3.63, 3.8) is 0 Å². The minimum Gasteiger partial charge on any atom is -0.299 e. The largest absolute Gasteiger partial charge is 0.299 e. The molecule has 0 heterocycles. The van der Waals surface area contributed by atoms with Crippen molar-refractivity contribution in [2.45, 2.75) is 48.0 Å². The van der Waals surface area contributed by atoms with Crippen LogP contribution in [-0.2, 0) is 9.59 Å². The van der Waals surface area contributed by atoms with Crippen LogP contribution in [0, 0.1) is 10.8 Å². The summed E-state index contributed by atoms with van der Waals surface area (Å²) in [7, 11) is 0. The highest BCUT2D eigenvalue weighted by molar-refractivity contribution is 6.07. The highest BCUT2D eigenvalue weighted by Crippen LogP contribution is 2.30. The Labute approximate surface area is 80.7 Å². The molecule has 0 atom stereocenters. The van der Waals surface area contributed by atoms with Crippen molar-refractivity contribution < 1.29 is 9.59 Å². The van der Waals surface area contributed by atoms with E-state index in [0.717, 1.165) is 0 Å². The molecule has 0 aromatic carbocycles. The zero-order chi connectivity index (χ0) is 10.9. The summed E-state index contributed by atoms with van der Waals surface area (Å²) in [6, 6.07) is 0. The first kappa shape index (κ1) is 12.3. The van der Waals surface area contributed by atoms with Gasteiger partial charge in [-0.1, -0.05) is 27.7 Å². The highest BCUT2D eigenvalue weighted by atomic mass is 16.2. The van der Waals surface area contributed by atoms with Crippen LogP contribution >= 0.6 is 0 Å². The van der Waals surface area contributed by atoms with Gasteiger partial charge < -0.3 is 0 Å². The molecule has 0 saturated carbocycles. The van der Waals surface area contributed by atoms with Crippen LogP contribution in [0.5, 0.6) is 0 Å². The molecule has 0 rings (SSSR count). The zero-order valence-electron chi connectivity index (χ0n) is 9.52. The van der Waals surface area contributed by atoms with Crippen LogP contribution in [0.4, 0.5) is 0 Å². The third-order valence-electron chi connectivity index (χ3n) is 2.27. The lowest BCUT2D eigenvalue weighted by Crippen LogP contribution is -2.40. The third-order valence-corrected chi connectivity index (χ3v) is 2.27. The van der Waals surface area contributed by atoms with E-state index in [1.54, 1.807) is 20.8 Å². The van der Waals surface area contributed by atoms with Crippen molar-refractivity contribution in [2.24, 2.45) is 10.8 Å². The second-order valence-electron chi connectivity index (χ2n) is 4.98. The molecule has 76 valence electrons. The monoisotopic (exact) mass is 184 g/mol. The lowest BCUT2D eigenvalue weighted by atomic mass is 9.72. The number of hydrogen-bond acceptors (Lipinski definition) is 2. The van der Waals surface area contributed by atoms with Gasteiger partial charge in [0.15, 0.2) is 5.78 Å². The molecular formula is C11H20O2. The van der Waals surface area contributed by atoms with E-state index in [1.807, 2.05) is 20.8 Å². The van der Waals surface area contributed by atoms with Crippen LogP contribution in [0.15, 0.2) is 0 Å². The summed E-state index contributed by atoms with van der Waals surface area (Å²) >= 11 is 0. The molecular weight excluding hydrogens is 164 g/mol. The maximum Gasteiger partial charge on any atom is 0.151 e. The van der Waals surface area contributed by atoms with E-state index in [9.17, 15) is 9.59 Å². The number of hydrogen-bond donors (Lipinski definition) is 0. The zero-order valence-corrected chi connectivity index (χ0v) is 9.52. The van der Waals surface area contributed by atoms with E-state index >= 15 is 0 Å². The summed E-state index contributed by atoms with van der Waals surface area (Å²) in [4.78, 5) is 23.4. The highest BCUT2D eigenvalue weighted by Gasteiger charge is 2.40. The second-order valence-corrected chi connectivity index (χ2v) is 4.98. The van der Waals surface area contributed by atoms with Crippen LogP contribution in [-0.4, -0.2) is 11.6 Å². The smallest absolute Gasteiger partial charge is 0.151 e. The van der Waals surface area contributed by atoms with Crippen LogP contribution in [0.1, 0.15) is 48.0 Å². The molecule has 0 aliphatic heterocycles. The van der Waals surface area contributed by atoms with Gasteiger partial charge in [-0.3, -0.25) is 9.59 Å². The first-order valence-corrected chi connectivity index (χ1v) is 4.72. The topological polar surface area (TPSA) is 34.1 Å².